The fourth-order valence-corrected chi connectivity index (χ4v) is 4.39. The molecule has 0 saturated heterocycles. The molecule has 0 aliphatic rings. The number of fused-ring (bicyclic) bond motifs is 1. The number of para-hydroxylation sites is 2. The van der Waals surface area contributed by atoms with Gasteiger partial charge >= 0.3 is 0 Å². The first-order valence-electron chi connectivity index (χ1n) is 8.32. The number of ether oxygens (including phenoxy) is 2. The van der Waals surface area contributed by atoms with Gasteiger partial charge in [-0.1, -0.05) is 24.3 Å². The highest BCUT2D eigenvalue weighted by atomic mass is 32.2. The number of aromatic nitrogens is 1. The molecule has 1 aromatic heterocycles. The molecule has 0 N–H and O–H groups in total. The molecule has 5 nitrogen and oxygen atoms in total. The van der Waals surface area contributed by atoms with Crippen molar-refractivity contribution in [3.05, 3.63) is 53.0 Å². The summed E-state index contributed by atoms with van der Waals surface area (Å²) in [5.74, 6) is -0.0359. The number of carboxylic acid groups (broad SMARTS) is 1. The molecule has 7 heteroatoms. The van der Waals surface area contributed by atoms with E-state index in [1.807, 2.05) is 55.5 Å². The van der Waals surface area contributed by atoms with Crippen LogP contribution in [0.3, 0.4) is 0 Å². The molecular weight excluding hydrogens is 382 g/mol. The molecule has 0 aliphatic carbocycles. The van der Waals surface area contributed by atoms with Crippen LogP contribution in [0.4, 0.5) is 0 Å². The zero-order valence-electron chi connectivity index (χ0n) is 14.9. The average Bonchev–Trinajstić information content (AvgIpc) is 3.09. The van der Waals surface area contributed by atoms with Crippen molar-refractivity contribution in [1.29, 1.82) is 0 Å². The van der Waals surface area contributed by atoms with Gasteiger partial charge in [-0.25, -0.2) is 4.98 Å². The summed E-state index contributed by atoms with van der Waals surface area (Å²) in [4.78, 5) is 16.4. The molecule has 0 saturated carbocycles. The van der Waals surface area contributed by atoms with Crippen molar-refractivity contribution in [2.45, 2.75) is 6.92 Å². The Morgan fingerprint density at radius 1 is 1.26 bits per heavy atom. The predicted molar refractivity (Wildman–Crippen MR) is 109 cm³/mol. The van der Waals surface area contributed by atoms with Gasteiger partial charge in [-0.2, -0.15) is 0 Å². The van der Waals surface area contributed by atoms with Gasteiger partial charge in [0, 0.05) is 16.2 Å². The second kappa shape index (κ2) is 8.92. The fourth-order valence-electron chi connectivity index (χ4n) is 2.55. The molecule has 0 atom stereocenters. The predicted octanol–water partition coefficient (Wildman–Crippen LogP) is 3.68. The van der Waals surface area contributed by atoms with Gasteiger partial charge in [0.2, 0.25) is 0 Å². The van der Waals surface area contributed by atoms with E-state index in [2.05, 4.69) is 4.98 Å². The van der Waals surface area contributed by atoms with Gasteiger partial charge < -0.3 is 19.4 Å². The third-order valence-electron chi connectivity index (χ3n) is 3.65. The molecule has 2 aromatic carbocycles. The number of rotatable bonds is 8. The third-order valence-corrected chi connectivity index (χ3v) is 5.85. The Morgan fingerprint density at radius 2 is 2.07 bits per heavy atom. The van der Waals surface area contributed by atoms with Crippen LogP contribution in [0.25, 0.3) is 21.2 Å². The average molecular weight is 401 g/mol. The Morgan fingerprint density at radius 3 is 2.78 bits per heavy atom. The van der Waals surface area contributed by atoms with Crippen LogP contribution in [0.2, 0.25) is 0 Å². The number of hydrogen-bond acceptors (Lipinski definition) is 7. The quantitative estimate of drug-likeness (QED) is 0.574. The molecule has 3 aromatic rings. The topological polar surface area (TPSA) is 71.5 Å². The molecule has 0 aliphatic heterocycles. The maximum absolute atomic E-state index is 11.0. The van der Waals surface area contributed by atoms with E-state index in [0.29, 0.717) is 18.1 Å². The zero-order chi connectivity index (χ0) is 19.2. The normalized spacial score (nSPS) is 11.6. The smallest absolute Gasteiger partial charge is 0.167 e. The van der Waals surface area contributed by atoms with E-state index < -0.39 is 5.97 Å². The lowest BCUT2D eigenvalue weighted by Gasteiger charge is -2.12. The SMILES string of the molecule is CCOc1cccc(/C=C(\SCC(=O)[O-])c2nc3ccccc3s2)c1OC. The van der Waals surface area contributed by atoms with Crippen molar-refractivity contribution in [3.63, 3.8) is 0 Å². The van der Waals surface area contributed by atoms with Crippen molar-refractivity contribution in [1.82, 2.24) is 4.98 Å². The van der Waals surface area contributed by atoms with Gasteiger partial charge in [-0.3, -0.25) is 0 Å². The number of hydrogen-bond donors (Lipinski definition) is 0. The van der Waals surface area contributed by atoms with E-state index in [1.165, 1.54) is 23.1 Å². The van der Waals surface area contributed by atoms with E-state index in [1.54, 1.807) is 7.11 Å². The number of carbonyl (C=O) groups is 1. The third kappa shape index (κ3) is 4.61. The molecule has 3 rings (SSSR count). The number of nitrogens with zero attached hydrogens (tertiary/aromatic N) is 1. The van der Waals surface area contributed by atoms with Crippen LogP contribution in [-0.4, -0.2) is 30.4 Å². The van der Waals surface area contributed by atoms with Crippen molar-refractivity contribution in [2.24, 2.45) is 0 Å². The van der Waals surface area contributed by atoms with Crippen molar-refractivity contribution >= 4 is 50.3 Å². The first kappa shape index (κ1) is 19.3. The molecule has 140 valence electrons. The second-order valence-electron chi connectivity index (χ2n) is 5.47. The molecule has 0 radical (unpaired) electrons. The fraction of sp³-hybridized carbons (Fsp3) is 0.200. The molecule has 0 bridgehead atoms. The summed E-state index contributed by atoms with van der Waals surface area (Å²) in [6, 6.07) is 13.4. The Hall–Kier alpha value is -2.51. The largest absolute Gasteiger partial charge is 0.549 e. The maximum Gasteiger partial charge on any atom is 0.167 e. The maximum atomic E-state index is 11.0. The minimum atomic E-state index is -1.12. The van der Waals surface area contributed by atoms with E-state index in [4.69, 9.17) is 9.47 Å². The van der Waals surface area contributed by atoms with Crippen LogP contribution in [0, 0.1) is 0 Å². The Kier molecular flexibility index (Phi) is 6.36. The summed E-state index contributed by atoms with van der Waals surface area (Å²) in [5.41, 5.74) is 1.68. The number of aliphatic carboxylic acids is 1. The summed E-state index contributed by atoms with van der Waals surface area (Å²) in [5, 5.41) is 11.8. The van der Waals surface area contributed by atoms with E-state index >= 15 is 0 Å². The van der Waals surface area contributed by atoms with Crippen LogP contribution >= 0.6 is 23.1 Å². The monoisotopic (exact) mass is 400 g/mol. The summed E-state index contributed by atoms with van der Waals surface area (Å²) < 4.78 is 12.2. The molecule has 0 amide bonds. The number of thioether (sulfide) groups is 1. The van der Waals surface area contributed by atoms with Gasteiger partial charge in [-0.05, 0) is 31.2 Å². The van der Waals surface area contributed by atoms with Gasteiger partial charge in [0.25, 0.3) is 0 Å². The Balaban J connectivity index is 2.07. The van der Waals surface area contributed by atoms with E-state index in [9.17, 15) is 9.90 Å². The Labute approximate surface area is 165 Å². The highest BCUT2D eigenvalue weighted by Crippen LogP contribution is 2.39. The number of carboxylic acids is 1. The summed E-state index contributed by atoms with van der Waals surface area (Å²) in [7, 11) is 1.58. The molecule has 0 spiro atoms. The van der Waals surface area contributed by atoms with E-state index in [-0.39, 0.29) is 5.75 Å². The number of carbonyl (C=O) groups excluding carboxylic acids is 1. The minimum Gasteiger partial charge on any atom is -0.549 e. The van der Waals surface area contributed by atoms with Crippen LogP contribution in [0.5, 0.6) is 11.5 Å². The van der Waals surface area contributed by atoms with Crippen LogP contribution in [-0.2, 0) is 4.79 Å². The van der Waals surface area contributed by atoms with Gasteiger partial charge in [0.1, 0.15) is 5.01 Å². The number of benzene rings is 2. The minimum absolute atomic E-state index is 0.158. The lowest BCUT2D eigenvalue weighted by atomic mass is 10.1. The van der Waals surface area contributed by atoms with Gasteiger partial charge in [0.15, 0.2) is 11.5 Å². The summed E-state index contributed by atoms with van der Waals surface area (Å²) in [6.07, 6.45) is 1.88. The highest BCUT2D eigenvalue weighted by Gasteiger charge is 2.14. The standard InChI is InChI=1S/C20H19NO4S2/c1-3-25-15-9-6-7-13(19(15)24-2)11-17(26-12-18(22)23)20-21-14-8-4-5-10-16(14)27-20/h4-11H,3,12H2,1-2H3,(H,22,23)/p-1/b17-11-. The van der Waals surface area contributed by atoms with Crippen molar-refractivity contribution in [3.8, 4) is 11.5 Å². The number of thiazole rings is 1. The lowest BCUT2D eigenvalue weighted by molar-refractivity contribution is -0.301. The van der Waals surface area contributed by atoms with Crippen molar-refractivity contribution < 1.29 is 19.4 Å². The Bertz CT molecular complexity index is 948. The second-order valence-corrected chi connectivity index (χ2v) is 7.52. The molecule has 27 heavy (non-hydrogen) atoms. The number of methoxy groups -OCH3 is 1. The highest BCUT2D eigenvalue weighted by molar-refractivity contribution is 8.09. The molecule has 0 fully saturated rings. The lowest BCUT2D eigenvalue weighted by Crippen LogP contribution is -2.24. The van der Waals surface area contributed by atoms with Gasteiger partial charge in [0.05, 0.1) is 29.9 Å². The first-order valence-corrected chi connectivity index (χ1v) is 10.1. The molecule has 1 heterocycles. The molecule has 0 unspecified atom stereocenters. The van der Waals surface area contributed by atoms with Crippen molar-refractivity contribution in [2.75, 3.05) is 19.5 Å². The molecular formula is C20H18NO4S2-. The van der Waals surface area contributed by atoms with Gasteiger partial charge in [-0.15, -0.1) is 23.1 Å². The summed E-state index contributed by atoms with van der Waals surface area (Å²) in [6.45, 7) is 2.43. The zero-order valence-corrected chi connectivity index (χ0v) is 16.6. The van der Waals surface area contributed by atoms with E-state index in [0.717, 1.165) is 25.7 Å². The van der Waals surface area contributed by atoms with Crippen LogP contribution in [0.15, 0.2) is 42.5 Å². The first-order chi connectivity index (χ1) is 13.1. The van der Waals surface area contributed by atoms with Crippen LogP contribution < -0.4 is 14.6 Å². The van der Waals surface area contributed by atoms with Crippen LogP contribution in [0.1, 0.15) is 17.5 Å². The summed E-state index contributed by atoms with van der Waals surface area (Å²) >= 11 is 2.70.